The third kappa shape index (κ3) is 4.69. The molecule has 8 heteroatoms. The summed E-state index contributed by atoms with van der Waals surface area (Å²) in [6.45, 7) is 4.76. The summed E-state index contributed by atoms with van der Waals surface area (Å²) in [4.78, 5) is 29.0. The van der Waals surface area contributed by atoms with Gasteiger partial charge < -0.3 is 24.6 Å². The molecular weight excluding hydrogens is 389 g/mol. The van der Waals surface area contributed by atoms with Gasteiger partial charge in [-0.3, -0.25) is 4.79 Å². The predicted molar refractivity (Wildman–Crippen MR) is 109 cm³/mol. The summed E-state index contributed by atoms with van der Waals surface area (Å²) in [5.41, 5.74) is -0.0257. The molecule has 4 rings (SSSR count). The molecule has 7 nitrogen and oxygen atoms in total. The first-order valence-corrected chi connectivity index (χ1v) is 10.8. The standard InChI is InChI=1S/C22H30FN3O4/c23-18-3-5-19(6-4-18)30-15-20(27)26-14-17(22(16-26)7-11-29-12-8-22)13-24-21(28)25-9-1-2-10-25/h3-6,17H,1-2,7-16H2,(H,24,28). The summed E-state index contributed by atoms with van der Waals surface area (Å²) in [7, 11) is 0. The van der Waals surface area contributed by atoms with E-state index in [0.29, 0.717) is 38.6 Å². The Hall–Kier alpha value is -2.35. The highest BCUT2D eigenvalue weighted by molar-refractivity contribution is 5.78. The number of nitrogens with zero attached hydrogens (tertiary/aromatic N) is 2. The van der Waals surface area contributed by atoms with Crippen molar-refractivity contribution in [2.24, 2.45) is 11.3 Å². The molecule has 1 unspecified atom stereocenters. The number of benzene rings is 1. The lowest BCUT2D eigenvalue weighted by Gasteiger charge is -2.38. The normalized spacial score (nSPS) is 23.0. The van der Waals surface area contributed by atoms with E-state index < -0.39 is 0 Å². The van der Waals surface area contributed by atoms with Crippen molar-refractivity contribution in [1.82, 2.24) is 15.1 Å². The van der Waals surface area contributed by atoms with Gasteiger partial charge in [0.25, 0.3) is 5.91 Å². The molecule has 30 heavy (non-hydrogen) atoms. The monoisotopic (exact) mass is 419 g/mol. The number of halogens is 1. The van der Waals surface area contributed by atoms with E-state index in [2.05, 4.69) is 5.32 Å². The Morgan fingerprint density at radius 2 is 1.83 bits per heavy atom. The number of amides is 3. The molecule has 164 valence electrons. The lowest BCUT2D eigenvalue weighted by Crippen LogP contribution is -2.45. The largest absolute Gasteiger partial charge is 0.484 e. The second-order valence-electron chi connectivity index (χ2n) is 8.57. The number of hydrogen-bond donors (Lipinski definition) is 1. The lowest BCUT2D eigenvalue weighted by atomic mass is 9.72. The third-order valence-electron chi connectivity index (χ3n) is 6.72. The van der Waals surface area contributed by atoms with Crippen molar-refractivity contribution < 1.29 is 23.5 Å². The minimum atomic E-state index is -0.339. The van der Waals surface area contributed by atoms with Crippen molar-refractivity contribution in [3.63, 3.8) is 0 Å². The zero-order valence-electron chi connectivity index (χ0n) is 17.3. The molecule has 3 amide bonds. The van der Waals surface area contributed by atoms with Crippen LogP contribution in [0, 0.1) is 17.2 Å². The summed E-state index contributed by atoms with van der Waals surface area (Å²) in [5, 5.41) is 3.10. The highest BCUT2D eigenvalue weighted by Gasteiger charge is 2.48. The Bertz CT molecular complexity index is 745. The van der Waals surface area contributed by atoms with Crippen molar-refractivity contribution in [3.8, 4) is 5.75 Å². The van der Waals surface area contributed by atoms with Crippen molar-refractivity contribution in [1.29, 1.82) is 0 Å². The van der Waals surface area contributed by atoms with Crippen LogP contribution in [0.4, 0.5) is 9.18 Å². The summed E-state index contributed by atoms with van der Waals surface area (Å²) in [6.07, 6.45) is 3.91. The van der Waals surface area contributed by atoms with Crippen LogP contribution in [0.2, 0.25) is 0 Å². The number of likely N-dealkylation sites (tertiary alicyclic amines) is 2. The predicted octanol–water partition coefficient (Wildman–Crippen LogP) is 2.27. The fourth-order valence-electron chi connectivity index (χ4n) is 4.86. The van der Waals surface area contributed by atoms with Crippen LogP contribution in [0.25, 0.3) is 0 Å². The molecule has 3 aliphatic rings. The smallest absolute Gasteiger partial charge is 0.317 e. The van der Waals surface area contributed by atoms with Gasteiger partial charge in [-0.25, -0.2) is 9.18 Å². The second-order valence-corrected chi connectivity index (χ2v) is 8.57. The zero-order chi connectivity index (χ0) is 21.0. The molecule has 1 N–H and O–H groups in total. The number of urea groups is 1. The summed E-state index contributed by atoms with van der Waals surface area (Å²) in [6, 6.07) is 5.66. The van der Waals surface area contributed by atoms with E-state index in [1.165, 1.54) is 24.3 Å². The fourth-order valence-corrected chi connectivity index (χ4v) is 4.86. The number of nitrogens with one attached hydrogen (secondary N) is 1. The van der Waals surface area contributed by atoms with Gasteiger partial charge in [0.2, 0.25) is 0 Å². The number of rotatable bonds is 5. The van der Waals surface area contributed by atoms with Crippen LogP contribution in [0.1, 0.15) is 25.7 Å². The first-order valence-electron chi connectivity index (χ1n) is 10.8. The molecule has 0 aliphatic carbocycles. The van der Waals surface area contributed by atoms with Crippen LogP contribution in [0.5, 0.6) is 5.75 Å². The van der Waals surface area contributed by atoms with Crippen molar-refractivity contribution in [2.45, 2.75) is 25.7 Å². The van der Waals surface area contributed by atoms with Gasteiger partial charge in [-0.15, -0.1) is 0 Å². The van der Waals surface area contributed by atoms with Gasteiger partial charge in [-0.05, 0) is 55.4 Å². The van der Waals surface area contributed by atoms with Gasteiger partial charge in [0.1, 0.15) is 11.6 Å². The molecule has 3 saturated heterocycles. The topological polar surface area (TPSA) is 71.1 Å². The first kappa shape index (κ1) is 20.9. The Labute approximate surface area is 176 Å². The average molecular weight is 419 g/mol. The molecule has 3 aliphatic heterocycles. The van der Waals surface area contributed by atoms with Crippen LogP contribution in [-0.2, 0) is 9.53 Å². The minimum Gasteiger partial charge on any atom is -0.484 e. The SMILES string of the molecule is O=C(COc1ccc(F)cc1)N1CC(CNC(=O)N2CCCC2)C2(CCOCC2)C1. The molecule has 1 aromatic carbocycles. The Morgan fingerprint density at radius 3 is 2.53 bits per heavy atom. The number of carbonyl (C=O) groups is 2. The molecule has 3 fully saturated rings. The van der Waals surface area contributed by atoms with Gasteiger partial charge in [-0.1, -0.05) is 0 Å². The van der Waals surface area contributed by atoms with E-state index in [1.54, 1.807) is 0 Å². The molecule has 0 aromatic heterocycles. The maximum atomic E-state index is 13.0. The van der Waals surface area contributed by atoms with Gasteiger partial charge in [0.15, 0.2) is 6.61 Å². The van der Waals surface area contributed by atoms with Gasteiger partial charge in [0, 0.05) is 51.9 Å². The highest BCUT2D eigenvalue weighted by atomic mass is 19.1. The van der Waals surface area contributed by atoms with Crippen molar-refractivity contribution in [2.75, 3.05) is 52.5 Å². The maximum absolute atomic E-state index is 13.0. The highest BCUT2D eigenvalue weighted by Crippen LogP contribution is 2.44. The maximum Gasteiger partial charge on any atom is 0.317 e. The molecule has 0 bridgehead atoms. The quantitative estimate of drug-likeness (QED) is 0.795. The van der Waals surface area contributed by atoms with Gasteiger partial charge in [-0.2, -0.15) is 0 Å². The van der Waals surface area contributed by atoms with E-state index in [4.69, 9.17) is 9.47 Å². The third-order valence-corrected chi connectivity index (χ3v) is 6.72. The zero-order valence-corrected chi connectivity index (χ0v) is 17.3. The summed E-state index contributed by atoms with van der Waals surface area (Å²) in [5.74, 6) is 0.244. The van der Waals surface area contributed by atoms with Crippen LogP contribution >= 0.6 is 0 Å². The Kier molecular flexibility index (Phi) is 6.41. The lowest BCUT2D eigenvalue weighted by molar-refractivity contribution is -0.133. The molecule has 0 saturated carbocycles. The Morgan fingerprint density at radius 1 is 1.13 bits per heavy atom. The average Bonchev–Trinajstić information content (AvgIpc) is 3.41. The molecule has 1 atom stereocenters. The van der Waals surface area contributed by atoms with Gasteiger partial charge in [0.05, 0.1) is 0 Å². The van der Waals surface area contributed by atoms with E-state index in [0.717, 1.165) is 38.8 Å². The molecule has 1 aromatic rings. The van der Waals surface area contributed by atoms with Crippen LogP contribution in [0.15, 0.2) is 24.3 Å². The van der Waals surface area contributed by atoms with E-state index in [-0.39, 0.29) is 35.7 Å². The van der Waals surface area contributed by atoms with Crippen molar-refractivity contribution >= 4 is 11.9 Å². The second kappa shape index (κ2) is 9.20. The number of carbonyl (C=O) groups excluding carboxylic acids is 2. The molecule has 1 spiro atoms. The van der Waals surface area contributed by atoms with E-state index in [1.807, 2.05) is 9.80 Å². The Balaban J connectivity index is 1.35. The number of hydrogen-bond acceptors (Lipinski definition) is 4. The first-order chi connectivity index (χ1) is 14.6. The van der Waals surface area contributed by atoms with Crippen LogP contribution in [0.3, 0.4) is 0 Å². The van der Waals surface area contributed by atoms with E-state index >= 15 is 0 Å². The summed E-state index contributed by atoms with van der Waals surface area (Å²) >= 11 is 0. The van der Waals surface area contributed by atoms with Gasteiger partial charge >= 0.3 is 6.03 Å². The van der Waals surface area contributed by atoms with Crippen molar-refractivity contribution in [3.05, 3.63) is 30.1 Å². The fraction of sp³-hybridized carbons (Fsp3) is 0.636. The minimum absolute atomic E-state index is 0.000806. The molecular formula is C22H30FN3O4. The summed E-state index contributed by atoms with van der Waals surface area (Å²) < 4.78 is 24.2. The molecule has 0 radical (unpaired) electrons. The number of ether oxygens (including phenoxy) is 2. The molecule has 3 heterocycles. The van der Waals surface area contributed by atoms with Crippen LogP contribution in [-0.4, -0.2) is 74.3 Å². The van der Waals surface area contributed by atoms with Crippen LogP contribution < -0.4 is 10.1 Å². The van der Waals surface area contributed by atoms with E-state index in [9.17, 15) is 14.0 Å².